The molecule has 8 N–H and O–H groups in total. The summed E-state index contributed by atoms with van der Waals surface area (Å²) in [7, 11) is -0.933. The van der Waals surface area contributed by atoms with E-state index in [4.69, 9.17) is 15.9 Å². The number of phenols is 1. The van der Waals surface area contributed by atoms with E-state index in [1.165, 1.54) is 19.2 Å². The van der Waals surface area contributed by atoms with Crippen LogP contribution in [0.3, 0.4) is 0 Å². The minimum atomic E-state index is -2.16. The zero-order valence-electron chi connectivity index (χ0n) is 17.2. The van der Waals surface area contributed by atoms with E-state index in [1.54, 1.807) is 4.90 Å². The molecular formula is C18H24BN5O8. The normalized spacial score (nSPS) is 18.5. The highest BCUT2D eigenvalue weighted by molar-refractivity contribution is 6.44. The van der Waals surface area contributed by atoms with Gasteiger partial charge in [-0.2, -0.15) is 0 Å². The molecule has 0 saturated carbocycles. The Hall–Kier alpha value is -3.52. The number of piperidine rings is 1. The lowest BCUT2D eigenvalue weighted by atomic mass is 9.74. The fourth-order valence-electron chi connectivity index (χ4n) is 4.12. The molecule has 0 bridgehead atoms. The number of methoxy groups -OCH3 is 1. The van der Waals surface area contributed by atoms with Crippen molar-refractivity contribution in [3.63, 3.8) is 0 Å². The average Bonchev–Trinajstić information content (AvgIpc) is 2.96. The zero-order valence-corrected chi connectivity index (χ0v) is 17.2. The lowest BCUT2D eigenvalue weighted by molar-refractivity contribution is -0.133. The number of aromatic hydroxyl groups is 1. The maximum absolute atomic E-state index is 13.2. The molecule has 2 aliphatic rings. The molecule has 2 heterocycles. The van der Waals surface area contributed by atoms with E-state index in [2.05, 4.69) is 5.32 Å². The van der Waals surface area contributed by atoms with E-state index in [9.17, 15) is 34.6 Å². The van der Waals surface area contributed by atoms with Crippen LogP contribution in [0.25, 0.3) is 0 Å². The van der Waals surface area contributed by atoms with Gasteiger partial charge in [0.2, 0.25) is 0 Å². The molecule has 14 heteroatoms. The van der Waals surface area contributed by atoms with Crippen LogP contribution in [0.15, 0.2) is 12.1 Å². The maximum atomic E-state index is 13.2. The van der Waals surface area contributed by atoms with Gasteiger partial charge in [0.05, 0.1) is 13.1 Å². The minimum absolute atomic E-state index is 0.0192. The number of imide groups is 1. The van der Waals surface area contributed by atoms with Crippen molar-refractivity contribution in [1.82, 2.24) is 15.1 Å². The van der Waals surface area contributed by atoms with Crippen LogP contribution in [-0.2, 0) is 11.2 Å². The number of aromatic carboxylic acids is 1. The second-order valence-corrected chi connectivity index (χ2v) is 7.70. The minimum Gasteiger partial charge on any atom is -0.507 e. The Bertz CT molecular complexity index is 963. The SMILES string of the molecule is COc1ccc(C[C@@H](B(O)O)N2C(=O)NC3(CCN(C(=N)N)CC3)C2=O)c(O)c1C(=O)O. The number of carboxylic acid groups (broad SMARTS) is 1. The van der Waals surface area contributed by atoms with Crippen molar-refractivity contribution >= 4 is 31.0 Å². The first-order chi connectivity index (χ1) is 15.0. The number of carbonyl (C=O) groups excluding carboxylic acids is 2. The number of carboxylic acids is 1. The molecule has 0 radical (unpaired) electrons. The fourth-order valence-corrected chi connectivity index (χ4v) is 4.12. The van der Waals surface area contributed by atoms with E-state index in [0.717, 1.165) is 0 Å². The Morgan fingerprint density at radius 1 is 1.34 bits per heavy atom. The molecule has 32 heavy (non-hydrogen) atoms. The predicted octanol–water partition coefficient (Wildman–Crippen LogP) is -1.70. The summed E-state index contributed by atoms with van der Waals surface area (Å²) < 4.78 is 4.93. The van der Waals surface area contributed by atoms with Crippen LogP contribution < -0.4 is 15.8 Å². The van der Waals surface area contributed by atoms with E-state index in [0.29, 0.717) is 4.90 Å². The van der Waals surface area contributed by atoms with Gasteiger partial charge in [0, 0.05) is 13.1 Å². The Kier molecular flexibility index (Phi) is 6.19. The summed E-state index contributed by atoms with van der Waals surface area (Å²) in [6.45, 7) is 0.506. The summed E-state index contributed by atoms with van der Waals surface area (Å²) in [5, 5.41) is 49.8. The first-order valence-electron chi connectivity index (χ1n) is 9.75. The highest BCUT2D eigenvalue weighted by Gasteiger charge is 2.56. The molecule has 1 aromatic carbocycles. The number of benzene rings is 1. The van der Waals surface area contributed by atoms with Gasteiger partial charge in [-0.3, -0.25) is 15.1 Å². The van der Waals surface area contributed by atoms with Crippen LogP contribution >= 0.6 is 0 Å². The summed E-state index contributed by atoms with van der Waals surface area (Å²) in [5.74, 6) is -4.55. The monoisotopic (exact) mass is 449 g/mol. The second kappa shape index (κ2) is 8.55. The molecule has 0 aliphatic carbocycles. The van der Waals surface area contributed by atoms with E-state index >= 15 is 0 Å². The largest absolute Gasteiger partial charge is 0.507 e. The first-order valence-corrected chi connectivity index (χ1v) is 9.75. The summed E-state index contributed by atoms with van der Waals surface area (Å²) in [4.78, 5) is 39.6. The van der Waals surface area contributed by atoms with Gasteiger partial charge in [-0.15, -0.1) is 0 Å². The number of nitrogens with one attached hydrogen (secondary N) is 2. The van der Waals surface area contributed by atoms with Crippen molar-refractivity contribution in [2.45, 2.75) is 30.7 Å². The third-order valence-electron chi connectivity index (χ3n) is 5.91. The average molecular weight is 449 g/mol. The smallest absolute Gasteiger partial charge is 0.476 e. The Labute approximate surface area is 183 Å². The number of guanidine groups is 1. The standard InChI is InChI=1S/C18H24BN5O8/c1-32-10-3-2-9(13(25)12(10)14(26)27)8-11(19(30)31)24-15(28)18(22-17(24)29)4-6-23(7-5-18)16(20)21/h2-3,11,25,30-31H,4-8H2,1H3,(H3,20,21)(H,22,29)(H,26,27)/t11-/m0/s1. The molecule has 2 saturated heterocycles. The third-order valence-corrected chi connectivity index (χ3v) is 5.91. The van der Waals surface area contributed by atoms with Crippen molar-refractivity contribution in [3.8, 4) is 11.5 Å². The number of hydrogen-bond acceptors (Lipinski definition) is 8. The summed E-state index contributed by atoms with van der Waals surface area (Å²) in [6, 6.07) is 1.76. The van der Waals surface area contributed by atoms with E-state index < -0.39 is 54.2 Å². The summed E-state index contributed by atoms with van der Waals surface area (Å²) >= 11 is 0. The number of hydrogen-bond donors (Lipinski definition) is 7. The molecule has 0 aromatic heterocycles. The van der Waals surface area contributed by atoms with Crippen molar-refractivity contribution < 1.29 is 39.4 Å². The molecule has 3 rings (SSSR count). The van der Waals surface area contributed by atoms with Crippen LogP contribution in [0.2, 0.25) is 0 Å². The molecule has 1 spiro atoms. The lowest BCUT2D eigenvalue weighted by Crippen LogP contribution is -2.58. The Morgan fingerprint density at radius 3 is 2.47 bits per heavy atom. The van der Waals surface area contributed by atoms with E-state index in [-0.39, 0.29) is 43.2 Å². The van der Waals surface area contributed by atoms with Gasteiger partial charge in [-0.25, -0.2) is 9.59 Å². The molecule has 0 unspecified atom stereocenters. The molecule has 13 nitrogen and oxygen atoms in total. The van der Waals surface area contributed by atoms with Crippen molar-refractivity contribution in [2.75, 3.05) is 20.2 Å². The number of carbonyl (C=O) groups is 3. The van der Waals surface area contributed by atoms with Crippen LogP contribution in [0.1, 0.15) is 28.8 Å². The molecule has 2 fully saturated rings. The highest BCUT2D eigenvalue weighted by Crippen LogP contribution is 2.35. The van der Waals surface area contributed by atoms with Crippen molar-refractivity contribution in [2.24, 2.45) is 5.73 Å². The van der Waals surface area contributed by atoms with Gasteiger partial charge >= 0.3 is 19.1 Å². The quantitative estimate of drug-likeness (QED) is 0.113. The number of nitrogens with zero attached hydrogens (tertiary/aromatic N) is 2. The van der Waals surface area contributed by atoms with Crippen LogP contribution in [0, 0.1) is 5.41 Å². The first kappa shape index (κ1) is 23.2. The van der Waals surface area contributed by atoms with Crippen LogP contribution in [0.4, 0.5) is 4.79 Å². The lowest BCUT2D eigenvalue weighted by Gasteiger charge is -2.37. The molecule has 3 amide bonds. The van der Waals surface area contributed by atoms with Gasteiger partial charge in [-0.1, -0.05) is 6.07 Å². The van der Waals surface area contributed by atoms with Gasteiger partial charge < -0.3 is 40.9 Å². The van der Waals surface area contributed by atoms with E-state index in [1.807, 2.05) is 0 Å². The maximum Gasteiger partial charge on any atom is 0.476 e. The topological polar surface area (TPSA) is 210 Å². The fraction of sp³-hybridized carbons (Fsp3) is 0.444. The molecule has 1 atom stereocenters. The summed E-state index contributed by atoms with van der Waals surface area (Å²) in [6.07, 6.45) is -0.0831. The highest BCUT2D eigenvalue weighted by atomic mass is 16.5. The Morgan fingerprint density at radius 2 is 1.97 bits per heavy atom. The van der Waals surface area contributed by atoms with Crippen LogP contribution in [-0.4, -0.2) is 92.7 Å². The van der Waals surface area contributed by atoms with Gasteiger partial charge in [0.25, 0.3) is 5.91 Å². The number of ether oxygens (including phenoxy) is 1. The van der Waals surface area contributed by atoms with Gasteiger partial charge in [0.1, 0.15) is 22.6 Å². The number of likely N-dealkylation sites (tertiary alicyclic amines) is 1. The Balaban J connectivity index is 1.89. The van der Waals surface area contributed by atoms with Gasteiger partial charge in [0.15, 0.2) is 5.96 Å². The predicted molar refractivity (Wildman–Crippen MR) is 110 cm³/mol. The number of rotatable bonds is 6. The zero-order chi connectivity index (χ0) is 23.8. The van der Waals surface area contributed by atoms with Gasteiger partial charge in [-0.05, 0) is 30.9 Å². The molecule has 172 valence electrons. The van der Waals surface area contributed by atoms with Crippen molar-refractivity contribution in [1.29, 1.82) is 5.41 Å². The second-order valence-electron chi connectivity index (χ2n) is 7.70. The molecule has 2 aliphatic heterocycles. The number of amides is 3. The third kappa shape index (κ3) is 3.89. The summed E-state index contributed by atoms with van der Waals surface area (Å²) in [5.41, 5.74) is 3.65. The van der Waals surface area contributed by atoms with Crippen LogP contribution in [0.5, 0.6) is 11.5 Å². The number of urea groups is 1. The van der Waals surface area contributed by atoms with Crippen molar-refractivity contribution in [3.05, 3.63) is 23.3 Å². The molecule has 1 aromatic rings. The number of nitrogens with two attached hydrogens (primary N) is 1. The molecular weight excluding hydrogens is 425 g/mol.